The van der Waals surface area contributed by atoms with Crippen molar-refractivity contribution in [1.82, 2.24) is 4.57 Å². The number of hydrogen-bond donors (Lipinski definition) is 1. The van der Waals surface area contributed by atoms with Crippen LogP contribution in [0.25, 0.3) is 10.9 Å². The van der Waals surface area contributed by atoms with Crippen LogP contribution in [-0.2, 0) is 17.5 Å². The normalized spacial score (nSPS) is 11.0. The molecule has 0 atom stereocenters. The van der Waals surface area contributed by atoms with Gasteiger partial charge < -0.3 is 14.4 Å². The highest BCUT2D eigenvalue weighted by Gasteiger charge is 2.24. The van der Waals surface area contributed by atoms with Crippen molar-refractivity contribution in [1.29, 1.82) is 0 Å². The van der Waals surface area contributed by atoms with Gasteiger partial charge in [-0.25, -0.2) is 4.79 Å². The van der Waals surface area contributed by atoms with Gasteiger partial charge >= 0.3 is 5.97 Å². The number of esters is 1. The quantitative estimate of drug-likeness (QED) is 0.460. The van der Waals surface area contributed by atoms with E-state index < -0.39 is 0 Å². The molecule has 0 unspecified atom stereocenters. The molecule has 1 heterocycles. The molecule has 0 bridgehead atoms. The van der Waals surface area contributed by atoms with E-state index in [4.69, 9.17) is 4.74 Å². The van der Waals surface area contributed by atoms with E-state index in [0.717, 1.165) is 16.3 Å². The first-order chi connectivity index (χ1) is 12.0. The highest BCUT2D eigenvalue weighted by Crippen LogP contribution is 2.38. The number of fused-ring (bicyclic) bond motifs is 1. The number of aryl methyl sites for hydroxylation is 1. The van der Waals surface area contributed by atoms with Gasteiger partial charge in [-0.2, -0.15) is 0 Å². The number of hydrogen-bond acceptors (Lipinski definition) is 4. The third kappa shape index (κ3) is 3.55. The average Bonchev–Trinajstić information content (AvgIpc) is 2.86. The van der Waals surface area contributed by atoms with Crippen LogP contribution < -0.4 is 0 Å². The lowest BCUT2D eigenvalue weighted by molar-refractivity contribution is 0.0524. The van der Waals surface area contributed by atoms with E-state index in [1.807, 2.05) is 35.9 Å². The zero-order chi connectivity index (χ0) is 18.0. The number of nitrogens with zero attached hydrogens (tertiary/aromatic N) is 1. The van der Waals surface area contributed by atoms with Gasteiger partial charge in [0.25, 0.3) is 0 Å². The summed E-state index contributed by atoms with van der Waals surface area (Å²) >= 11 is 4.93. The van der Waals surface area contributed by atoms with E-state index in [2.05, 4.69) is 28.1 Å². The number of halogens is 1. The average molecular weight is 420 g/mol. The molecule has 0 saturated carbocycles. The monoisotopic (exact) mass is 419 g/mol. The van der Waals surface area contributed by atoms with Gasteiger partial charge in [0.15, 0.2) is 0 Å². The number of phenols is 1. The zero-order valence-corrected chi connectivity index (χ0v) is 16.4. The summed E-state index contributed by atoms with van der Waals surface area (Å²) in [5.74, 6) is 0.471. The smallest absolute Gasteiger partial charge is 0.341 e. The molecule has 2 aromatic carbocycles. The van der Waals surface area contributed by atoms with Crippen LogP contribution in [0.3, 0.4) is 0 Å². The lowest BCUT2D eigenvalue weighted by Crippen LogP contribution is -2.06. The highest BCUT2D eigenvalue weighted by atomic mass is 79.9. The molecular formula is C19H18BrNO3S. The lowest BCUT2D eigenvalue weighted by atomic mass is 10.1. The second-order valence-corrected chi connectivity index (χ2v) is 7.37. The van der Waals surface area contributed by atoms with Gasteiger partial charge in [0.1, 0.15) is 5.75 Å². The summed E-state index contributed by atoms with van der Waals surface area (Å²) in [6.07, 6.45) is 0. The maximum Gasteiger partial charge on any atom is 0.341 e. The Balaban J connectivity index is 2.10. The Kier molecular flexibility index (Phi) is 5.39. The first-order valence-corrected chi connectivity index (χ1v) is 9.65. The molecule has 0 amide bonds. The number of thioether (sulfide) groups is 1. The Morgan fingerprint density at radius 1 is 1.28 bits per heavy atom. The summed E-state index contributed by atoms with van der Waals surface area (Å²) in [6.45, 7) is 2.09. The van der Waals surface area contributed by atoms with Crippen LogP contribution >= 0.6 is 27.7 Å². The lowest BCUT2D eigenvalue weighted by Gasteiger charge is -2.07. The minimum Gasteiger partial charge on any atom is -0.507 e. The first-order valence-electron chi connectivity index (χ1n) is 7.87. The Hall–Kier alpha value is -1.92. The van der Waals surface area contributed by atoms with Gasteiger partial charge in [-0.3, -0.25) is 0 Å². The van der Waals surface area contributed by atoms with Crippen LogP contribution in [0.1, 0.15) is 22.8 Å². The number of ether oxygens (including phenoxy) is 1. The molecule has 6 heteroatoms. The molecule has 0 aliphatic heterocycles. The van der Waals surface area contributed by atoms with E-state index in [1.165, 1.54) is 5.56 Å². The molecule has 0 aliphatic carbocycles. The van der Waals surface area contributed by atoms with Gasteiger partial charge in [-0.1, -0.05) is 30.3 Å². The van der Waals surface area contributed by atoms with E-state index >= 15 is 0 Å². The van der Waals surface area contributed by atoms with Gasteiger partial charge in [0, 0.05) is 18.2 Å². The molecule has 3 aromatic rings. The van der Waals surface area contributed by atoms with Crippen molar-refractivity contribution in [3.05, 3.63) is 58.1 Å². The van der Waals surface area contributed by atoms with Crippen LogP contribution in [0.5, 0.6) is 5.75 Å². The second kappa shape index (κ2) is 7.54. The summed E-state index contributed by atoms with van der Waals surface area (Å²) < 4.78 is 7.82. The third-order valence-corrected chi connectivity index (χ3v) is 5.78. The van der Waals surface area contributed by atoms with Crippen molar-refractivity contribution in [2.45, 2.75) is 17.7 Å². The Bertz CT molecular complexity index is 922. The number of aromatic nitrogens is 1. The van der Waals surface area contributed by atoms with Crippen molar-refractivity contribution in [2.75, 3.05) is 6.61 Å². The molecule has 3 rings (SSSR count). The second-order valence-electron chi connectivity index (χ2n) is 5.55. The Labute approximate surface area is 158 Å². The summed E-state index contributed by atoms with van der Waals surface area (Å²) in [7, 11) is 1.92. The summed E-state index contributed by atoms with van der Waals surface area (Å²) in [4.78, 5) is 12.6. The molecule has 0 spiro atoms. The highest BCUT2D eigenvalue weighted by molar-refractivity contribution is 9.10. The van der Waals surface area contributed by atoms with Crippen LogP contribution in [-0.4, -0.2) is 22.2 Å². The van der Waals surface area contributed by atoms with E-state index in [0.29, 0.717) is 22.0 Å². The molecular weight excluding hydrogens is 402 g/mol. The Morgan fingerprint density at radius 3 is 2.68 bits per heavy atom. The molecule has 0 saturated heterocycles. The van der Waals surface area contributed by atoms with Crippen LogP contribution in [0.4, 0.5) is 0 Å². The Morgan fingerprint density at radius 2 is 2.00 bits per heavy atom. The van der Waals surface area contributed by atoms with E-state index in [-0.39, 0.29) is 11.7 Å². The van der Waals surface area contributed by atoms with Gasteiger partial charge in [-0.15, -0.1) is 11.8 Å². The number of phenolic OH excluding ortho intramolecular Hbond substituents is 1. The van der Waals surface area contributed by atoms with Gasteiger partial charge in [0.2, 0.25) is 0 Å². The first kappa shape index (κ1) is 17.9. The van der Waals surface area contributed by atoms with E-state index in [1.54, 1.807) is 24.8 Å². The van der Waals surface area contributed by atoms with E-state index in [9.17, 15) is 9.90 Å². The predicted molar refractivity (Wildman–Crippen MR) is 104 cm³/mol. The fraction of sp³-hybridized carbons (Fsp3) is 0.211. The largest absolute Gasteiger partial charge is 0.507 e. The van der Waals surface area contributed by atoms with Crippen LogP contribution in [0.2, 0.25) is 0 Å². The SMILES string of the molecule is CCOC(=O)c1c(SCc2ccccc2)n(C)c2cc(Br)c(O)cc12. The van der Waals surface area contributed by atoms with Crippen molar-refractivity contribution < 1.29 is 14.6 Å². The molecule has 0 radical (unpaired) electrons. The number of rotatable bonds is 5. The fourth-order valence-corrected chi connectivity index (χ4v) is 4.17. The summed E-state index contributed by atoms with van der Waals surface area (Å²) in [5, 5.41) is 11.6. The molecule has 1 aromatic heterocycles. The maximum absolute atomic E-state index is 12.6. The van der Waals surface area contributed by atoms with Crippen LogP contribution in [0, 0.1) is 0 Å². The number of carbonyl (C=O) groups is 1. The molecule has 130 valence electrons. The summed E-state index contributed by atoms with van der Waals surface area (Å²) in [6, 6.07) is 13.5. The maximum atomic E-state index is 12.6. The minimum atomic E-state index is -0.370. The molecule has 0 fully saturated rings. The predicted octanol–water partition coefficient (Wildman–Crippen LogP) is 5.12. The van der Waals surface area contributed by atoms with Gasteiger partial charge in [-0.05, 0) is 40.5 Å². The van der Waals surface area contributed by atoms with Gasteiger partial charge in [0.05, 0.1) is 27.2 Å². The van der Waals surface area contributed by atoms with Crippen molar-refractivity contribution in [3.8, 4) is 5.75 Å². The molecule has 25 heavy (non-hydrogen) atoms. The number of aromatic hydroxyl groups is 1. The standard InChI is InChI=1S/C19H18BrNO3S/c1-3-24-19(23)17-13-9-16(22)14(20)10-15(13)21(2)18(17)25-11-12-7-5-4-6-8-12/h4-10,22H,3,11H2,1-2H3. The zero-order valence-electron chi connectivity index (χ0n) is 14.0. The van der Waals surface area contributed by atoms with Crippen molar-refractivity contribution >= 4 is 44.6 Å². The topological polar surface area (TPSA) is 51.5 Å². The molecule has 4 nitrogen and oxygen atoms in total. The number of benzene rings is 2. The summed E-state index contributed by atoms with van der Waals surface area (Å²) in [5.41, 5.74) is 2.54. The fourth-order valence-electron chi connectivity index (χ4n) is 2.72. The molecule has 1 N–H and O–H groups in total. The van der Waals surface area contributed by atoms with Crippen molar-refractivity contribution in [2.24, 2.45) is 7.05 Å². The van der Waals surface area contributed by atoms with Crippen molar-refractivity contribution in [3.63, 3.8) is 0 Å². The number of carbonyl (C=O) groups excluding carboxylic acids is 1. The van der Waals surface area contributed by atoms with Crippen LogP contribution in [0.15, 0.2) is 52.0 Å². The third-order valence-electron chi connectivity index (χ3n) is 3.91. The molecule has 0 aliphatic rings. The minimum absolute atomic E-state index is 0.100.